The van der Waals surface area contributed by atoms with Crippen LogP contribution in [0.1, 0.15) is 37.9 Å². The van der Waals surface area contributed by atoms with Gasteiger partial charge in [-0.15, -0.1) is 0 Å². The number of allylic oxidation sites excluding steroid dienone is 1. The predicted molar refractivity (Wildman–Crippen MR) is 184 cm³/mol. The van der Waals surface area contributed by atoms with E-state index < -0.39 is 45.7 Å². The normalized spacial score (nSPS) is 14.0. The minimum atomic E-state index is -0.791. The number of ether oxygens (including phenoxy) is 4. The lowest BCUT2D eigenvalue weighted by Crippen LogP contribution is -2.45. The van der Waals surface area contributed by atoms with Crippen LogP contribution in [0.2, 0.25) is 0 Å². The Morgan fingerprint density at radius 1 is 1.02 bits per heavy atom. The van der Waals surface area contributed by atoms with Crippen LogP contribution in [0.3, 0.4) is 0 Å². The number of halogens is 1. The number of rotatable bonds is 14. The molecule has 3 N–H and O–H groups in total. The molecule has 0 saturated carbocycles. The second kappa shape index (κ2) is 16.5. The first-order chi connectivity index (χ1) is 23.4. The van der Waals surface area contributed by atoms with E-state index >= 15 is 0 Å². The van der Waals surface area contributed by atoms with Gasteiger partial charge in [-0.3, -0.25) is 25.0 Å². The average Bonchev–Trinajstić information content (AvgIpc) is 3.05. The number of nitrogens with zero attached hydrogens (tertiary/aromatic N) is 3. The molecule has 0 radical (unpaired) electrons. The maximum absolute atomic E-state index is 12.8. The first-order valence-corrected chi connectivity index (χ1v) is 15.7. The van der Waals surface area contributed by atoms with E-state index in [0.717, 1.165) is 18.2 Å². The van der Waals surface area contributed by atoms with Crippen molar-refractivity contribution in [1.82, 2.24) is 16.1 Å². The highest BCUT2D eigenvalue weighted by atomic mass is 79.9. The van der Waals surface area contributed by atoms with Crippen LogP contribution in [0.15, 0.2) is 75.4 Å². The molecule has 1 aliphatic rings. The average molecular weight is 758 g/mol. The molecule has 49 heavy (non-hydrogen) atoms. The van der Waals surface area contributed by atoms with Crippen molar-refractivity contribution < 1.29 is 38.4 Å². The van der Waals surface area contributed by atoms with E-state index in [0.29, 0.717) is 37.7 Å². The number of carbonyl (C=O) groups excluding carboxylic acids is 2. The third-order valence-corrected chi connectivity index (χ3v) is 7.46. The highest BCUT2D eigenvalue weighted by molar-refractivity contribution is 9.10. The summed E-state index contributed by atoms with van der Waals surface area (Å²) in [5.74, 6) is -0.781. The second-order valence-corrected chi connectivity index (χ2v) is 11.2. The molecule has 3 aromatic carbocycles. The largest absolute Gasteiger partial charge is 0.490 e. The number of carbonyl (C=O) groups is 2. The molecule has 1 aliphatic heterocycles. The number of thiocarbonyl (C=S) groups is 1. The number of nitrogens with one attached hydrogen (secondary N) is 3. The van der Waals surface area contributed by atoms with E-state index in [2.05, 4.69) is 37.1 Å². The van der Waals surface area contributed by atoms with Gasteiger partial charge in [0.15, 0.2) is 23.2 Å². The monoisotopic (exact) mass is 756 g/mol. The molecule has 0 bridgehead atoms. The standard InChI is InChI=1S/C31H29BrN6O10S/c1-4-45-25-13-18(12-21(32)29(25)48-24-11-10-19(37(41)42)14-22(24)38(43)44)15-33-36-26(39)16-47-23-9-7-6-8-20(23)28-27(30(40)46-5-2)17(3)34-31(49)35-28/h6-15,28H,4-5,16H2,1-3H3,(H,36,39)(H2,34,35,49)/t28-/m0/s1. The van der Waals surface area contributed by atoms with Gasteiger partial charge in [-0.1, -0.05) is 18.2 Å². The minimum absolute atomic E-state index is 0.0761. The molecule has 0 aliphatic carbocycles. The Hall–Kier alpha value is -5.62. The van der Waals surface area contributed by atoms with E-state index in [1.165, 1.54) is 12.3 Å². The van der Waals surface area contributed by atoms with Gasteiger partial charge in [0.25, 0.3) is 11.6 Å². The van der Waals surface area contributed by atoms with Crippen molar-refractivity contribution in [2.24, 2.45) is 5.10 Å². The topological polar surface area (TPSA) is 206 Å². The van der Waals surface area contributed by atoms with Crippen molar-refractivity contribution in [2.45, 2.75) is 26.8 Å². The van der Waals surface area contributed by atoms with Crippen LogP contribution >= 0.6 is 28.1 Å². The molecule has 16 nitrogen and oxygen atoms in total. The lowest BCUT2D eigenvalue weighted by molar-refractivity contribution is -0.394. The summed E-state index contributed by atoms with van der Waals surface area (Å²) in [6.45, 7) is 5.10. The SMILES string of the molecule is CCOC(=O)C1=C(C)NC(=S)N[C@H]1c1ccccc1OCC(=O)NN=Cc1cc(Br)c(Oc2ccc([N+](=O)[O-])cc2[N+](=O)[O-])c(OCC)c1. The molecule has 0 unspecified atom stereocenters. The van der Waals surface area contributed by atoms with Crippen molar-refractivity contribution in [2.75, 3.05) is 19.8 Å². The molecule has 0 spiro atoms. The molecular formula is C31H29BrN6O10S. The summed E-state index contributed by atoms with van der Waals surface area (Å²) < 4.78 is 22.8. The van der Waals surface area contributed by atoms with Gasteiger partial charge in [0.1, 0.15) is 5.75 Å². The summed E-state index contributed by atoms with van der Waals surface area (Å²) >= 11 is 8.67. The number of nitro benzene ring substituents is 2. The van der Waals surface area contributed by atoms with Gasteiger partial charge in [0.05, 0.1) is 51.4 Å². The van der Waals surface area contributed by atoms with Gasteiger partial charge in [-0.2, -0.15) is 5.10 Å². The fourth-order valence-corrected chi connectivity index (χ4v) is 5.41. The van der Waals surface area contributed by atoms with Crippen LogP contribution < -0.4 is 30.3 Å². The van der Waals surface area contributed by atoms with Gasteiger partial charge in [0.2, 0.25) is 5.75 Å². The van der Waals surface area contributed by atoms with Crippen molar-refractivity contribution in [3.05, 3.63) is 102 Å². The Balaban J connectivity index is 1.47. The van der Waals surface area contributed by atoms with Crippen molar-refractivity contribution >= 4 is 62.7 Å². The van der Waals surface area contributed by atoms with Gasteiger partial charge in [-0.25, -0.2) is 10.2 Å². The predicted octanol–water partition coefficient (Wildman–Crippen LogP) is 5.34. The molecule has 1 atom stereocenters. The summed E-state index contributed by atoms with van der Waals surface area (Å²) in [5.41, 5.74) is 3.16. The molecule has 256 valence electrons. The molecule has 4 rings (SSSR count). The fraction of sp³-hybridized carbons (Fsp3) is 0.226. The zero-order chi connectivity index (χ0) is 35.7. The Morgan fingerprint density at radius 2 is 1.78 bits per heavy atom. The van der Waals surface area contributed by atoms with Gasteiger partial charge in [-0.05, 0) is 78.7 Å². The van der Waals surface area contributed by atoms with Crippen molar-refractivity contribution in [3.8, 4) is 23.0 Å². The smallest absolute Gasteiger partial charge is 0.338 e. The lowest BCUT2D eigenvalue weighted by atomic mass is 9.95. The van der Waals surface area contributed by atoms with Crippen LogP contribution in [0.25, 0.3) is 0 Å². The van der Waals surface area contributed by atoms with E-state index in [9.17, 15) is 29.8 Å². The van der Waals surface area contributed by atoms with Crippen LogP contribution in [0.5, 0.6) is 23.0 Å². The lowest BCUT2D eigenvalue weighted by Gasteiger charge is -2.30. The number of amides is 1. The molecule has 0 aromatic heterocycles. The third kappa shape index (κ3) is 9.05. The third-order valence-electron chi connectivity index (χ3n) is 6.65. The van der Waals surface area contributed by atoms with E-state index in [4.69, 9.17) is 31.2 Å². The number of non-ortho nitro benzene ring substituents is 1. The Morgan fingerprint density at radius 3 is 2.47 bits per heavy atom. The van der Waals surface area contributed by atoms with Crippen molar-refractivity contribution in [3.63, 3.8) is 0 Å². The summed E-state index contributed by atoms with van der Waals surface area (Å²) in [7, 11) is 0. The fourth-order valence-electron chi connectivity index (χ4n) is 4.59. The van der Waals surface area contributed by atoms with Gasteiger partial charge >= 0.3 is 11.7 Å². The van der Waals surface area contributed by atoms with Gasteiger partial charge in [0, 0.05) is 17.3 Å². The van der Waals surface area contributed by atoms with E-state index in [-0.39, 0.29) is 30.5 Å². The number of esters is 1. The van der Waals surface area contributed by atoms with Crippen LogP contribution in [-0.4, -0.2) is 52.9 Å². The molecule has 1 amide bonds. The molecule has 0 saturated heterocycles. The molecule has 0 fully saturated rings. The van der Waals surface area contributed by atoms with E-state index in [1.807, 2.05) is 0 Å². The highest BCUT2D eigenvalue weighted by Crippen LogP contribution is 2.43. The molecule has 18 heteroatoms. The first kappa shape index (κ1) is 36.2. The number of hydrogen-bond acceptors (Lipinski definition) is 12. The number of hydrogen-bond donors (Lipinski definition) is 3. The summed E-state index contributed by atoms with van der Waals surface area (Å²) in [6.07, 6.45) is 1.33. The molecular weight excluding hydrogens is 728 g/mol. The Kier molecular flexibility index (Phi) is 12.2. The number of benzene rings is 3. The minimum Gasteiger partial charge on any atom is -0.490 e. The van der Waals surface area contributed by atoms with Crippen LogP contribution in [-0.2, 0) is 14.3 Å². The first-order valence-electron chi connectivity index (χ1n) is 14.5. The van der Waals surface area contributed by atoms with Gasteiger partial charge < -0.3 is 29.6 Å². The number of nitro groups is 2. The Labute approximate surface area is 292 Å². The summed E-state index contributed by atoms with van der Waals surface area (Å²) in [6, 6.07) is 12.3. The molecule has 3 aromatic rings. The maximum atomic E-state index is 12.8. The number of para-hydroxylation sites is 1. The van der Waals surface area contributed by atoms with Crippen molar-refractivity contribution in [1.29, 1.82) is 0 Å². The highest BCUT2D eigenvalue weighted by Gasteiger charge is 2.33. The zero-order valence-corrected chi connectivity index (χ0v) is 28.6. The zero-order valence-electron chi connectivity index (χ0n) is 26.2. The Bertz CT molecular complexity index is 1870. The molecule has 1 heterocycles. The van der Waals surface area contributed by atoms with Crippen LogP contribution in [0.4, 0.5) is 11.4 Å². The summed E-state index contributed by atoms with van der Waals surface area (Å²) in [5, 5.41) is 33.0. The maximum Gasteiger partial charge on any atom is 0.338 e. The van der Waals surface area contributed by atoms with E-state index in [1.54, 1.807) is 51.1 Å². The second-order valence-electron chi connectivity index (χ2n) is 9.94. The van der Waals surface area contributed by atoms with Crippen LogP contribution in [0, 0.1) is 20.2 Å². The summed E-state index contributed by atoms with van der Waals surface area (Å²) in [4.78, 5) is 46.6. The number of hydrazone groups is 1. The quantitative estimate of drug-likeness (QED) is 0.0625.